The van der Waals surface area contributed by atoms with Crippen LogP contribution >= 0.6 is 15.9 Å². The summed E-state index contributed by atoms with van der Waals surface area (Å²) in [6.07, 6.45) is -2.64. The van der Waals surface area contributed by atoms with Crippen molar-refractivity contribution in [3.8, 4) is 6.07 Å². The summed E-state index contributed by atoms with van der Waals surface area (Å²) in [5.41, 5.74) is 0.651. The van der Waals surface area contributed by atoms with E-state index < -0.39 is 6.43 Å². The molecule has 1 heterocycles. The first-order valence-corrected chi connectivity index (χ1v) is 4.97. The number of aromatic nitrogens is 1. The van der Waals surface area contributed by atoms with E-state index in [4.69, 9.17) is 5.26 Å². The minimum absolute atomic E-state index is 0.254. The van der Waals surface area contributed by atoms with E-state index in [0.29, 0.717) is 11.0 Å². The maximum atomic E-state index is 12.5. The molecule has 0 fully saturated rings. The smallest absolute Gasteiger partial charge is 0.251 e. The number of hydrogen-bond acceptors (Lipinski definition) is 2. The molecular formula is C9H7BrF2N2. The highest BCUT2D eigenvalue weighted by molar-refractivity contribution is 9.08. The molecule has 0 aliphatic heterocycles. The van der Waals surface area contributed by atoms with Crippen molar-refractivity contribution < 1.29 is 8.78 Å². The number of halogens is 3. The van der Waals surface area contributed by atoms with Gasteiger partial charge in [-0.3, -0.25) is 4.98 Å². The largest absolute Gasteiger partial charge is 0.280 e. The lowest BCUT2D eigenvalue weighted by Gasteiger charge is -2.07. The molecule has 0 saturated heterocycles. The molecule has 14 heavy (non-hydrogen) atoms. The van der Waals surface area contributed by atoms with Gasteiger partial charge in [0.25, 0.3) is 6.43 Å². The monoisotopic (exact) mass is 260 g/mol. The van der Waals surface area contributed by atoms with Crippen LogP contribution in [0.1, 0.15) is 28.9 Å². The third-order valence-electron chi connectivity index (χ3n) is 1.83. The molecule has 0 saturated carbocycles. The molecule has 1 aromatic rings. The molecule has 2 nitrogen and oxygen atoms in total. The second-order valence-corrected chi connectivity index (χ2v) is 3.28. The number of hydrogen-bond donors (Lipinski definition) is 0. The lowest BCUT2D eigenvalue weighted by atomic mass is 10.1. The van der Waals surface area contributed by atoms with Crippen LogP contribution in [0.25, 0.3) is 0 Å². The minimum Gasteiger partial charge on any atom is -0.251 e. The summed E-state index contributed by atoms with van der Waals surface area (Å²) in [5.74, 6) is 0. The fourth-order valence-corrected chi connectivity index (χ4v) is 1.37. The van der Waals surface area contributed by atoms with Gasteiger partial charge in [0.1, 0.15) is 5.69 Å². The summed E-state index contributed by atoms with van der Waals surface area (Å²) in [7, 11) is 0. The fourth-order valence-electron chi connectivity index (χ4n) is 1.08. The molecule has 0 aromatic carbocycles. The van der Waals surface area contributed by atoms with Gasteiger partial charge in [-0.25, -0.2) is 8.78 Å². The van der Waals surface area contributed by atoms with Crippen molar-refractivity contribution in [1.29, 1.82) is 5.26 Å². The van der Waals surface area contributed by atoms with E-state index in [2.05, 4.69) is 20.9 Å². The highest BCUT2D eigenvalue weighted by Gasteiger charge is 2.16. The van der Waals surface area contributed by atoms with Gasteiger partial charge in [0.05, 0.1) is 17.3 Å². The Kier molecular flexibility index (Phi) is 3.53. The first-order chi connectivity index (χ1) is 6.60. The first kappa shape index (κ1) is 11.1. The standard InChI is InChI=1S/C9H7BrF2N2/c1-5-6(4-13)2-7(3-10)14-8(5)9(11)12/h2,9H,3H2,1H3. The van der Waals surface area contributed by atoms with Crippen LogP contribution in [-0.4, -0.2) is 4.98 Å². The molecule has 0 bridgehead atoms. The number of nitriles is 1. The molecule has 0 amide bonds. The van der Waals surface area contributed by atoms with Crippen molar-refractivity contribution in [3.63, 3.8) is 0 Å². The predicted molar refractivity (Wildman–Crippen MR) is 51.3 cm³/mol. The molecule has 0 aliphatic rings. The molecule has 0 spiro atoms. The normalized spacial score (nSPS) is 10.3. The Hall–Kier alpha value is -1.02. The van der Waals surface area contributed by atoms with Crippen LogP contribution in [0.15, 0.2) is 6.07 Å². The third kappa shape index (κ3) is 2.07. The maximum absolute atomic E-state index is 12.5. The first-order valence-electron chi connectivity index (χ1n) is 3.84. The molecule has 74 valence electrons. The predicted octanol–water partition coefficient (Wildman–Crippen LogP) is 3.09. The van der Waals surface area contributed by atoms with E-state index >= 15 is 0 Å². The number of pyridine rings is 1. The van der Waals surface area contributed by atoms with Crippen LogP contribution in [0, 0.1) is 18.3 Å². The van der Waals surface area contributed by atoms with Gasteiger partial charge in [-0.05, 0) is 18.6 Å². The van der Waals surface area contributed by atoms with E-state index in [1.807, 2.05) is 6.07 Å². The number of rotatable bonds is 2. The Labute approximate surface area is 88.7 Å². The molecular weight excluding hydrogens is 254 g/mol. The zero-order chi connectivity index (χ0) is 10.7. The molecule has 5 heteroatoms. The van der Waals surface area contributed by atoms with E-state index in [9.17, 15) is 8.78 Å². The van der Waals surface area contributed by atoms with Gasteiger partial charge in [0, 0.05) is 5.33 Å². The van der Waals surface area contributed by atoms with Crippen LogP contribution < -0.4 is 0 Å². The topological polar surface area (TPSA) is 36.7 Å². The average Bonchev–Trinajstić information content (AvgIpc) is 2.17. The minimum atomic E-state index is -2.64. The summed E-state index contributed by atoms with van der Waals surface area (Å²) in [6.45, 7) is 1.48. The van der Waals surface area contributed by atoms with Gasteiger partial charge >= 0.3 is 0 Å². The molecule has 1 aromatic heterocycles. The SMILES string of the molecule is Cc1c(C#N)cc(CBr)nc1C(F)F. The van der Waals surface area contributed by atoms with E-state index in [0.717, 1.165) is 0 Å². The summed E-state index contributed by atoms with van der Waals surface area (Å²) in [6, 6.07) is 3.38. The van der Waals surface area contributed by atoms with E-state index in [1.54, 1.807) is 0 Å². The molecule has 0 radical (unpaired) electrons. The number of alkyl halides is 3. The lowest BCUT2D eigenvalue weighted by Crippen LogP contribution is -2.01. The Morgan fingerprint density at radius 1 is 1.64 bits per heavy atom. The Balaban J connectivity index is 3.36. The second-order valence-electron chi connectivity index (χ2n) is 2.72. The Bertz CT molecular complexity index is 385. The van der Waals surface area contributed by atoms with Gasteiger partial charge < -0.3 is 0 Å². The summed E-state index contributed by atoms with van der Waals surface area (Å²) in [4.78, 5) is 3.75. The van der Waals surface area contributed by atoms with Gasteiger partial charge in [-0.15, -0.1) is 0 Å². The third-order valence-corrected chi connectivity index (χ3v) is 2.40. The van der Waals surface area contributed by atoms with Crippen LogP contribution in [0.3, 0.4) is 0 Å². The Morgan fingerprint density at radius 3 is 2.71 bits per heavy atom. The molecule has 1 rings (SSSR count). The summed E-state index contributed by atoms with van der Waals surface area (Å²) < 4.78 is 24.9. The van der Waals surface area contributed by atoms with Crippen molar-refractivity contribution in [2.45, 2.75) is 18.7 Å². The highest BCUT2D eigenvalue weighted by atomic mass is 79.9. The van der Waals surface area contributed by atoms with E-state index in [1.165, 1.54) is 13.0 Å². The molecule has 0 atom stereocenters. The van der Waals surface area contributed by atoms with Crippen LogP contribution in [0.5, 0.6) is 0 Å². The van der Waals surface area contributed by atoms with Crippen molar-refractivity contribution in [2.75, 3.05) is 0 Å². The van der Waals surface area contributed by atoms with Crippen LogP contribution in [0.4, 0.5) is 8.78 Å². The van der Waals surface area contributed by atoms with Gasteiger partial charge in [0.15, 0.2) is 0 Å². The average molecular weight is 261 g/mol. The van der Waals surface area contributed by atoms with Gasteiger partial charge in [-0.1, -0.05) is 15.9 Å². The number of nitrogens with zero attached hydrogens (tertiary/aromatic N) is 2. The van der Waals surface area contributed by atoms with Crippen LogP contribution in [0.2, 0.25) is 0 Å². The fraction of sp³-hybridized carbons (Fsp3) is 0.333. The van der Waals surface area contributed by atoms with Crippen molar-refractivity contribution >= 4 is 15.9 Å². The van der Waals surface area contributed by atoms with E-state index in [-0.39, 0.29) is 16.8 Å². The van der Waals surface area contributed by atoms with Crippen molar-refractivity contribution in [2.24, 2.45) is 0 Å². The molecule has 0 N–H and O–H groups in total. The zero-order valence-corrected chi connectivity index (χ0v) is 8.98. The maximum Gasteiger partial charge on any atom is 0.280 e. The highest BCUT2D eigenvalue weighted by Crippen LogP contribution is 2.24. The van der Waals surface area contributed by atoms with Crippen molar-refractivity contribution in [1.82, 2.24) is 4.98 Å². The quantitative estimate of drug-likeness (QED) is 0.767. The molecule has 0 unspecified atom stereocenters. The lowest BCUT2D eigenvalue weighted by molar-refractivity contribution is 0.145. The zero-order valence-electron chi connectivity index (χ0n) is 7.39. The van der Waals surface area contributed by atoms with Gasteiger partial charge in [-0.2, -0.15) is 5.26 Å². The summed E-state index contributed by atoms with van der Waals surface area (Å²) >= 11 is 3.11. The Morgan fingerprint density at radius 2 is 2.29 bits per heavy atom. The summed E-state index contributed by atoms with van der Waals surface area (Å²) in [5, 5.41) is 9.07. The van der Waals surface area contributed by atoms with Gasteiger partial charge in [0.2, 0.25) is 0 Å². The molecule has 0 aliphatic carbocycles. The van der Waals surface area contributed by atoms with Crippen LogP contribution in [-0.2, 0) is 5.33 Å². The second kappa shape index (κ2) is 4.47. The van der Waals surface area contributed by atoms with Crippen molar-refractivity contribution in [3.05, 3.63) is 28.6 Å².